The van der Waals surface area contributed by atoms with Crippen molar-refractivity contribution in [3.8, 4) is 5.75 Å². The largest absolute Gasteiger partial charge is 0.542 e. The van der Waals surface area contributed by atoms with Crippen molar-refractivity contribution >= 4 is 30.9 Å². The van der Waals surface area contributed by atoms with E-state index in [0.29, 0.717) is 22.8 Å². The molecule has 0 radical (unpaired) electrons. The fraction of sp³-hybridized carbons (Fsp3) is 0.619. The maximum absolute atomic E-state index is 11.6. The number of carbonyl (C=O) groups is 1. The molecule has 1 fully saturated rings. The number of hydrogen-bond acceptors (Lipinski definition) is 5. The van der Waals surface area contributed by atoms with Gasteiger partial charge in [0.2, 0.25) is 0 Å². The van der Waals surface area contributed by atoms with Gasteiger partial charge in [0.25, 0.3) is 8.32 Å². The van der Waals surface area contributed by atoms with Crippen LogP contribution in [0.4, 0.5) is 5.69 Å². The number of carbonyl (C=O) groups excluding carboxylic acids is 1. The van der Waals surface area contributed by atoms with Crippen molar-refractivity contribution < 1.29 is 13.6 Å². The highest BCUT2D eigenvalue weighted by molar-refractivity contribution is 6.74. The summed E-state index contributed by atoms with van der Waals surface area (Å²) in [4.78, 5) is 16.3. The summed E-state index contributed by atoms with van der Waals surface area (Å²) in [5.74, 6) is 2.24. The van der Waals surface area contributed by atoms with Crippen LogP contribution in [0.5, 0.6) is 5.75 Å². The van der Waals surface area contributed by atoms with E-state index in [1.54, 1.807) is 6.92 Å². The number of nitrogens with zero attached hydrogens (tertiary/aromatic N) is 1. The number of fused-ring (bicyclic) bond motifs is 1. The van der Waals surface area contributed by atoms with Crippen molar-refractivity contribution in [2.45, 2.75) is 77.4 Å². The summed E-state index contributed by atoms with van der Waals surface area (Å²) in [5.41, 5.74) is 8.34. The number of nitrogen functional groups attached to an aromatic ring is 1. The van der Waals surface area contributed by atoms with Gasteiger partial charge in [0, 0.05) is 24.0 Å². The Labute approximate surface area is 162 Å². The summed E-state index contributed by atoms with van der Waals surface area (Å²) in [6.07, 6.45) is 3.72. The Bertz CT molecular complexity index is 843. The molecule has 1 aromatic heterocycles. The molecule has 0 bridgehead atoms. The molecule has 0 atom stereocenters. The van der Waals surface area contributed by atoms with E-state index in [0.717, 1.165) is 37.1 Å². The lowest BCUT2D eigenvalue weighted by atomic mass is 9.80. The summed E-state index contributed by atoms with van der Waals surface area (Å²) in [7, 11) is -1.98. The van der Waals surface area contributed by atoms with Crippen molar-refractivity contribution in [1.82, 2.24) is 4.98 Å². The van der Waals surface area contributed by atoms with E-state index >= 15 is 0 Å². The monoisotopic (exact) mass is 388 g/mol. The Morgan fingerprint density at radius 3 is 2.41 bits per heavy atom. The van der Waals surface area contributed by atoms with Gasteiger partial charge in [0.05, 0.1) is 5.69 Å². The number of Topliss-reactive ketones (excluding diaryl/α,β-unsaturated/α-hetero) is 1. The van der Waals surface area contributed by atoms with Gasteiger partial charge in [-0.3, -0.25) is 4.79 Å². The van der Waals surface area contributed by atoms with Crippen LogP contribution in [-0.4, -0.2) is 19.1 Å². The lowest BCUT2D eigenvalue weighted by molar-refractivity contribution is -0.121. The Hall–Kier alpha value is -1.82. The Morgan fingerprint density at radius 2 is 1.85 bits per heavy atom. The molecule has 0 amide bonds. The van der Waals surface area contributed by atoms with Crippen LogP contribution in [0, 0.1) is 5.92 Å². The minimum absolute atomic E-state index is 0.0960. The zero-order valence-electron chi connectivity index (χ0n) is 17.4. The molecule has 1 aromatic carbocycles. The van der Waals surface area contributed by atoms with E-state index < -0.39 is 8.32 Å². The van der Waals surface area contributed by atoms with Gasteiger partial charge in [0.1, 0.15) is 17.0 Å². The average Bonchev–Trinajstić information content (AvgIpc) is 2.96. The molecule has 148 valence electrons. The van der Waals surface area contributed by atoms with Crippen LogP contribution in [0.15, 0.2) is 16.5 Å². The van der Waals surface area contributed by atoms with Crippen molar-refractivity contribution in [2.24, 2.45) is 5.92 Å². The maximum atomic E-state index is 11.6. The predicted molar refractivity (Wildman–Crippen MR) is 112 cm³/mol. The molecule has 0 spiro atoms. The number of aromatic nitrogens is 1. The highest BCUT2D eigenvalue weighted by atomic mass is 28.4. The van der Waals surface area contributed by atoms with Crippen LogP contribution in [0.25, 0.3) is 11.1 Å². The standard InChI is InChI=1S/C21H32N2O3Si/c1-13(24)14-7-9-15(10-8-14)20-23-17-12-18(16(22)11-19(17)25-20)26-27(5,6)21(2,3)4/h11-12,14-15H,7-10,22H2,1-6H3. The molecule has 1 aliphatic rings. The van der Waals surface area contributed by atoms with Gasteiger partial charge in [-0.05, 0) is 50.7 Å². The number of rotatable bonds is 4. The zero-order valence-corrected chi connectivity index (χ0v) is 18.4. The first kappa shape index (κ1) is 19.9. The molecular weight excluding hydrogens is 356 g/mol. The smallest absolute Gasteiger partial charge is 0.250 e. The van der Waals surface area contributed by atoms with Gasteiger partial charge >= 0.3 is 0 Å². The number of nitrogens with two attached hydrogens (primary N) is 1. The number of anilines is 1. The van der Waals surface area contributed by atoms with E-state index in [1.165, 1.54) is 0 Å². The van der Waals surface area contributed by atoms with Gasteiger partial charge in [-0.1, -0.05) is 20.8 Å². The van der Waals surface area contributed by atoms with Gasteiger partial charge in [-0.15, -0.1) is 0 Å². The molecule has 0 unspecified atom stereocenters. The second-order valence-electron chi connectivity index (χ2n) is 9.43. The highest BCUT2D eigenvalue weighted by Gasteiger charge is 2.39. The van der Waals surface area contributed by atoms with E-state index in [2.05, 4.69) is 33.9 Å². The first-order chi connectivity index (χ1) is 12.5. The molecule has 6 heteroatoms. The molecule has 1 saturated carbocycles. The van der Waals surface area contributed by atoms with Crippen LogP contribution in [0.1, 0.15) is 65.2 Å². The summed E-state index contributed by atoms with van der Waals surface area (Å²) in [6, 6.07) is 3.74. The SMILES string of the molecule is CC(=O)C1CCC(c2nc3cc(O[Si](C)(C)C(C)(C)C)c(N)cc3o2)CC1. The van der Waals surface area contributed by atoms with Gasteiger partial charge in [0.15, 0.2) is 11.5 Å². The third kappa shape index (κ3) is 4.05. The van der Waals surface area contributed by atoms with Crippen LogP contribution in [-0.2, 0) is 4.79 Å². The zero-order chi connectivity index (χ0) is 20.0. The lowest BCUT2D eigenvalue weighted by Gasteiger charge is -2.36. The second-order valence-corrected chi connectivity index (χ2v) is 14.2. The van der Waals surface area contributed by atoms with Gasteiger partial charge < -0.3 is 14.6 Å². The highest BCUT2D eigenvalue weighted by Crippen LogP contribution is 2.41. The van der Waals surface area contributed by atoms with E-state index in [1.807, 2.05) is 12.1 Å². The molecule has 27 heavy (non-hydrogen) atoms. The Morgan fingerprint density at radius 1 is 1.22 bits per heavy atom. The Kier molecular flexibility index (Phi) is 5.14. The minimum Gasteiger partial charge on any atom is -0.542 e. The Balaban J connectivity index is 1.83. The summed E-state index contributed by atoms with van der Waals surface area (Å²) >= 11 is 0. The van der Waals surface area contributed by atoms with Crippen molar-refractivity contribution in [3.63, 3.8) is 0 Å². The van der Waals surface area contributed by atoms with Crippen LogP contribution in [0.2, 0.25) is 18.1 Å². The fourth-order valence-electron chi connectivity index (χ4n) is 3.43. The number of ketones is 1. The van der Waals surface area contributed by atoms with Gasteiger partial charge in [-0.25, -0.2) is 4.98 Å². The van der Waals surface area contributed by atoms with Crippen molar-refractivity contribution in [2.75, 3.05) is 5.73 Å². The number of oxazole rings is 1. The molecule has 0 aliphatic heterocycles. The molecule has 2 N–H and O–H groups in total. The second kappa shape index (κ2) is 6.97. The normalized spacial score (nSPS) is 21.4. The average molecular weight is 389 g/mol. The topological polar surface area (TPSA) is 78.3 Å². The summed E-state index contributed by atoms with van der Waals surface area (Å²) < 4.78 is 12.4. The van der Waals surface area contributed by atoms with Crippen LogP contribution >= 0.6 is 0 Å². The van der Waals surface area contributed by atoms with E-state index in [-0.39, 0.29) is 16.9 Å². The maximum Gasteiger partial charge on any atom is 0.250 e. The molecule has 0 saturated heterocycles. The first-order valence-electron chi connectivity index (χ1n) is 9.87. The number of benzene rings is 1. The number of hydrogen-bond donors (Lipinski definition) is 1. The summed E-state index contributed by atoms with van der Waals surface area (Å²) in [6.45, 7) is 12.7. The third-order valence-electron chi connectivity index (χ3n) is 6.36. The van der Waals surface area contributed by atoms with Crippen molar-refractivity contribution in [3.05, 3.63) is 18.0 Å². The van der Waals surface area contributed by atoms with Gasteiger partial charge in [-0.2, -0.15) is 0 Å². The predicted octanol–water partition coefficient (Wildman–Crippen LogP) is 5.66. The summed E-state index contributed by atoms with van der Waals surface area (Å²) in [5, 5.41) is 0.0960. The first-order valence-corrected chi connectivity index (χ1v) is 12.8. The minimum atomic E-state index is -1.98. The molecule has 1 heterocycles. The fourth-order valence-corrected chi connectivity index (χ4v) is 4.46. The molecule has 5 nitrogen and oxygen atoms in total. The molecule has 3 rings (SSSR count). The quantitative estimate of drug-likeness (QED) is 0.540. The third-order valence-corrected chi connectivity index (χ3v) is 10.7. The molecule has 2 aromatic rings. The van der Waals surface area contributed by atoms with Crippen LogP contribution < -0.4 is 10.2 Å². The van der Waals surface area contributed by atoms with Crippen molar-refractivity contribution in [1.29, 1.82) is 0 Å². The van der Waals surface area contributed by atoms with E-state index in [9.17, 15) is 4.79 Å². The van der Waals surface area contributed by atoms with Crippen LogP contribution in [0.3, 0.4) is 0 Å². The van der Waals surface area contributed by atoms with E-state index in [4.69, 9.17) is 19.6 Å². The lowest BCUT2D eigenvalue weighted by Crippen LogP contribution is -2.44. The molecule has 1 aliphatic carbocycles. The molecular formula is C21H32N2O3Si.